The van der Waals surface area contributed by atoms with Gasteiger partial charge < -0.3 is 15.8 Å². The second-order valence-electron chi connectivity index (χ2n) is 6.35. The van der Waals surface area contributed by atoms with Crippen molar-refractivity contribution >= 4 is 5.84 Å². The summed E-state index contributed by atoms with van der Waals surface area (Å²) in [6.45, 7) is 10.1. The molecule has 4 nitrogen and oxygen atoms in total. The molecule has 0 radical (unpaired) electrons. The maximum atomic E-state index is 8.71. The van der Waals surface area contributed by atoms with Gasteiger partial charge in [0.15, 0.2) is 0 Å². The molecule has 3 N–H and O–H groups in total. The van der Waals surface area contributed by atoms with Crippen LogP contribution in [-0.2, 0) is 0 Å². The SMILES string of the molecule is CC1CCN(CCCCC(C)(C)C(N)=NO)CC1. The second-order valence-corrected chi connectivity index (χ2v) is 6.35. The van der Waals surface area contributed by atoms with Gasteiger partial charge in [-0.15, -0.1) is 0 Å². The van der Waals surface area contributed by atoms with E-state index >= 15 is 0 Å². The van der Waals surface area contributed by atoms with Crippen molar-refractivity contribution in [3.05, 3.63) is 0 Å². The largest absolute Gasteiger partial charge is 0.409 e. The van der Waals surface area contributed by atoms with E-state index in [2.05, 4.69) is 17.0 Å². The first-order chi connectivity index (χ1) is 8.45. The monoisotopic (exact) mass is 255 g/mol. The van der Waals surface area contributed by atoms with Crippen LogP contribution in [0.15, 0.2) is 5.16 Å². The summed E-state index contributed by atoms with van der Waals surface area (Å²) in [5, 5.41) is 11.8. The third kappa shape index (κ3) is 4.84. The Morgan fingerprint density at radius 2 is 1.94 bits per heavy atom. The molecule has 0 bridgehead atoms. The lowest BCUT2D eigenvalue weighted by molar-refractivity contribution is 0.187. The van der Waals surface area contributed by atoms with Crippen LogP contribution in [0.25, 0.3) is 0 Å². The Kier molecular flexibility index (Phi) is 5.93. The molecule has 4 heteroatoms. The van der Waals surface area contributed by atoms with E-state index < -0.39 is 0 Å². The number of amidine groups is 1. The molecule has 1 rings (SSSR count). The highest BCUT2D eigenvalue weighted by Crippen LogP contribution is 2.24. The lowest BCUT2D eigenvalue weighted by Crippen LogP contribution is -2.34. The van der Waals surface area contributed by atoms with Gasteiger partial charge in [0.2, 0.25) is 0 Å². The zero-order chi connectivity index (χ0) is 13.6. The summed E-state index contributed by atoms with van der Waals surface area (Å²) in [6.07, 6.45) is 6.00. The van der Waals surface area contributed by atoms with Crippen molar-refractivity contribution < 1.29 is 5.21 Å². The number of hydrogen-bond donors (Lipinski definition) is 2. The molecular formula is C14H29N3O. The summed E-state index contributed by atoms with van der Waals surface area (Å²) in [5.74, 6) is 1.25. The molecule has 0 aromatic heterocycles. The minimum absolute atomic E-state index is 0.189. The predicted molar refractivity (Wildman–Crippen MR) is 75.9 cm³/mol. The molecule has 1 aliphatic rings. The van der Waals surface area contributed by atoms with Gasteiger partial charge in [0.25, 0.3) is 0 Å². The van der Waals surface area contributed by atoms with E-state index in [1.807, 2.05) is 13.8 Å². The first-order valence-corrected chi connectivity index (χ1v) is 7.16. The Morgan fingerprint density at radius 1 is 1.33 bits per heavy atom. The molecule has 0 saturated carbocycles. The Morgan fingerprint density at radius 3 is 2.50 bits per heavy atom. The van der Waals surface area contributed by atoms with Crippen molar-refractivity contribution in [3.8, 4) is 0 Å². The van der Waals surface area contributed by atoms with Crippen molar-refractivity contribution in [2.75, 3.05) is 19.6 Å². The molecule has 0 amide bonds. The van der Waals surface area contributed by atoms with Gasteiger partial charge in [0.05, 0.1) is 0 Å². The molecule has 0 unspecified atom stereocenters. The van der Waals surface area contributed by atoms with Gasteiger partial charge in [0, 0.05) is 5.41 Å². The third-order valence-electron chi connectivity index (χ3n) is 4.20. The van der Waals surface area contributed by atoms with E-state index in [-0.39, 0.29) is 5.41 Å². The number of likely N-dealkylation sites (tertiary alicyclic amines) is 1. The summed E-state index contributed by atoms with van der Waals surface area (Å²) in [7, 11) is 0. The maximum absolute atomic E-state index is 8.71. The number of piperidine rings is 1. The highest BCUT2D eigenvalue weighted by molar-refractivity contribution is 5.85. The maximum Gasteiger partial charge on any atom is 0.144 e. The van der Waals surface area contributed by atoms with E-state index in [4.69, 9.17) is 10.9 Å². The minimum atomic E-state index is -0.189. The quantitative estimate of drug-likeness (QED) is 0.252. The average Bonchev–Trinajstić information content (AvgIpc) is 2.35. The number of unbranched alkanes of at least 4 members (excludes halogenated alkanes) is 1. The van der Waals surface area contributed by atoms with E-state index in [1.54, 1.807) is 0 Å². The molecule has 0 spiro atoms. The van der Waals surface area contributed by atoms with Crippen LogP contribution >= 0.6 is 0 Å². The smallest absolute Gasteiger partial charge is 0.144 e. The van der Waals surface area contributed by atoms with Gasteiger partial charge >= 0.3 is 0 Å². The zero-order valence-corrected chi connectivity index (χ0v) is 12.2. The molecule has 0 atom stereocenters. The summed E-state index contributed by atoms with van der Waals surface area (Å²) in [4.78, 5) is 2.57. The van der Waals surface area contributed by atoms with Crippen LogP contribution in [0.4, 0.5) is 0 Å². The average molecular weight is 255 g/mol. The molecular weight excluding hydrogens is 226 g/mol. The normalized spacial score (nSPS) is 20.3. The number of nitrogens with zero attached hydrogens (tertiary/aromatic N) is 2. The molecule has 0 aliphatic carbocycles. The topological polar surface area (TPSA) is 61.8 Å². The summed E-state index contributed by atoms with van der Waals surface area (Å²) in [6, 6.07) is 0. The van der Waals surface area contributed by atoms with E-state index in [0.29, 0.717) is 5.84 Å². The number of oxime groups is 1. The Labute approximate surface area is 111 Å². The van der Waals surface area contributed by atoms with Crippen LogP contribution in [0.2, 0.25) is 0 Å². The first kappa shape index (κ1) is 15.3. The Hall–Kier alpha value is -0.770. The Balaban J connectivity index is 2.15. The number of nitrogens with two attached hydrogens (primary N) is 1. The molecule has 1 saturated heterocycles. The van der Waals surface area contributed by atoms with Gasteiger partial charge in [-0.1, -0.05) is 32.3 Å². The number of hydrogen-bond acceptors (Lipinski definition) is 3. The van der Waals surface area contributed by atoms with Gasteiger partial charge in [-0.05, 0) is 51.2 Å². The van der Waals surface area contributed by atoms with Gasteiger partial charge in [-0.25, -0.2) is 0 Å². The fourth-order valence-corrected chi connectivity index (χ4v) is 2.45. The summed E-state index contributed by atoms with van der Waals surface area (Å²) < 4.78 is 0. The standard InChI is InChI=1S/C14H29N3O/c1-12-6-10-17(11-7-12)9-5-4-8-14(2,3)13(15)16-18/h12,18H,4-11H2,1-3H3,(H2,15,16). The van der Waals surface area contributed by atoms with E-state index in [0.717, 1.165) is 18.8 Å². The molecule has 18 heavy (non-hydrogen) atoms. The second kappa shape index (κ2) is 6.98. The Bertz CT molecular complexity index is 268. The van der Waals surface area contributed by atoms with E-state index in [9.17, 15) is 0 Å². The molecule has 1 aliphatic heterocycles. The molecule has 1 heterocycles. The zero-order valence-electron chi connectivity index (χ0n) is 12.2. The fraction of sp³-hybridized carbons (Fsp3) is 0.929. The van der Waals surface area contributed by atoms with Crippen LogP contribution in [0.1, 0.15) is 52.9 Å². The van der Waals surface area contributed by atoms with E-state index in [1.165, 1.54) is 38.9 Å². The van der Waals surface area contributed by atoms with Gasteiger partial charge in [0.1, 0.15) is 5.84 Å². The van der Waals surface area contributed by atoms with Crippen LogP contribution in [0.3, 0.4) is 0 Å². The summed E-state index contributed by atoms with van der Waals surface area (Å²) >= 11 is 0. The van der Waals surface area contributed by atoms with Crippen molar-refractivity contribution in [2.45, 2.75) is 52.9 Å². The van der Waals surface area contributed by atoms with Crippen LogP contribution in [0, 0.1) is 11.3 Å². The summed E-state index contributed by atoms with van der Waals surface area (Å²) in [5.41, 5.74) is 5.49. The number of rotatable bonds is 6. The fourth-order valence-electron chi connectivity index (χ4n) is 2.45. The molecule has 106 valence electrons. The van der Waals surface area contributed by atoms with Crippen molar-refractivity contribution in [3.63, 3.8) is 0 Å². The molecule has 1 fully saturated rings. The van der Waals surface area contributed by atoms with Gasteiger partial charge in [-0.2, -0.15) is 0 Å². The highest BCUT2D eigenvalue weighted by Gasteiger charge is 2.23. The lowest BCUT2D eigenvalue weighted by atomic mass is 9.86. The highest BCUT2D eigenvalue weighted by atomic mass is 16.4. The first-order valence-electron chi connectivity index (χ1n) is 7.16. The van der Waals surface area contributed by atoms with Crippen molar-refractivity contribution in [1.82, 2.24) is 4.90 Å². The predicted octanol–water partition coefficient (Wildman–Crippen LogP) is 2.66. The minimum Gasteiger partial charge on any atom is -0.409 e. The van der Waals surface area contributed by atoms with Crippen LogP contribution in [-0.4, -0.2) is 35.6 Å². The molecule has 0 aromatic carbocycles. The van der Waals surface area contributed by atoms with Crippen LogP contribution < -0.4 is 5.73 Å². The lowest BCUT2D eigenvalue weighted by Gasteiger charge is -2.30. The van der Waals surface area contributed by atoms with Crippen molar-refractivity contribution in [1.29, 1.82) is 0 Å². The molecule has 0 aromatic rings. The van der Waals surface area contributed by atoms with Gasteiger partial charge in [-0.3, -0.25) is 0 Å². The van der Waals surface area contributed by atoms with Crippen molar-refractivity contribution in [2.24, 2.45) is 22.2 Å². The third-order valence-corrected chi connectivity index (χ3v) is 4.20. The van der Waals surface area contributed by atoms with Crippen LogP contribution in [0.5, 0.6) is 0 Å².